The quantitative estimate of drug-likeness (QED) is 0.571. The van der Waals surface area contributed by atoms with Crippen molar-refractivity contribution in [3.05, 3.63) is 70.3 Å². The van der Waals surface area contributed by atoms with Crippen LogP contribution in [0.15, 0.2) is 48.0 Å². The van der Waals surface area contributed by atoms with Crippen molar-refractivity contribution in [2.24, 2.45) is 5.92 Å². The lowest BCUT2D eigenvalue weighted by Gasteiger charge is -2.12. The Balaban J connectivity index is 0.000000321. The molecule has 0 aliphatic heterocycles. The molecular formula is C24H36B2. The highest BCUT2D eigenvalue weighted by atomic mass is 14.0. The topological polar surface area (TPSA) is 0 Å². The van der Waals surface area contributed by atoms with Crippen LogP contribution >= 0.6 is 0 Å². The van der Waals surface area contributed by atoms with Gasteiger partial charge in [-0.2, -0.15) is 0 Å². The second-order valence-electron chi connectivity index (χ2n) is 8.26. The SMILES string of the molecule is B[C@H](C=C(C)C)C(C)C.Cc1cccc(C)c1Bc1c(C)cccc1C. The van der Waals surface area contributed by atoms with Crippen molar-refractivity contribution >= 4 is 26.1 Å². The van der Waals surface area contributed by atoms with Gasteiger partial charge in [-0.3, -0.25) is 0 Å². The van der Waals surface area contributed by atoms with E-state index in [4.69, 9.17) is 0 Å². The standard InChI is InChI=1S/C16H19B.C8H17B/c1-11-7-5-8-12(2)15(11)17-16-13(3)9-6-10-14(16)4;1-6(2)5-8(9)7(3)4/h5-10,17H,1-4H3;5,7-8H,9H2,1-4H3/t;8-/m.1/s1. The summed E-state index contributed by atoms with van der Waals surface area (Å²) in [6.07, 6.45) is 2.32. The highest BCUT2D eigenvalue weighted by molar-refractivity contribution is 6.69. The molecule has 0 amide bonds. The summed E-state index contributed by atoms with van der Waals surface area (Å²) < 4.78 is 0. The van der Waals surface area contributed by atoms with Gasteiger partial charge in [-0.15, -0.1) is 0 Å². The van der Waals surface area contributed by atoms with Crippen molar-refractivity contribution in [2.45, 2.75) is 61.2 Å². The van der Waals surface area contributed by atoms with Crippen LogP contribution in [0.3, 0.4) is 0 Å². The van der Waals surface area contributed by atoms with Crippen LogP contribution in [0.4, 0.5) is 0 Å². The fourth-order valence-corrected chi connectivity index (χ4v) is 3.15. The van der Waals surface area contributed by atoms with Gasteiger partial charge in [-0.25, -0.2) is 0 Å². The van der Waals surface area contributed by atoms with Crippen LogP contribution in [0, 0.1) is 33.6 Å². The van der Waals surface area contributed by atoms with Gasteiger partial charge in [0, 0.05) is 0 Å². The van der Waals surface area contributed by atoms with Crippen LogP contribution in [-0.4, -0.2) is 15.1 Å². The number of allylic oxidation sites excluding steroid dienone is 2. The molecule has 2 aromatic rings. The Morgan fingerprint density at radius 3 is 1.38 bits per heavy atom. The van der Waals surface area contributed by atoms with Crippen LogP contribution in [-0.2, 0) is 0 Å². The number of benzene rings is 2. The molecule has 0 fully saturated rings. The molecule has 0 bridgehead atoms. The predicted molar refractivity (Wildman–Crippen MR) is 125 cm³/mol. The monoisotopic (exact) mass is 346 g/mol. The molecule has 0 aromatic heterocycles. The van der Waals surface area contributed by atoms with E-state index >= 15 is 0 Å². The van der Waals surface area contributed by atoms with Gasteiger partial charge in [0.25, 0.3) is 0 Å². The Labute approximate surface area is 163 Å². The molecule has 2 heteroatoms. The number of rotatable bonds is 4. The minimum Gasteiger partial charge on any atom is -0.0905 e. The summed E-state index contributed by atoms with van der Waals surface area (Å²) in [5, 5.41) is 0. The summed E-state index contributed by atoms with van der Waals surface area (Å²) in [4.78, 5) is 0. The van der Waals surface area contributed by atoms with Crippen molar-refractivity contribution in [2.75, 3.05) is 0 Å². The molecule has 2 aromatic carbocycles. The van der Waals surface area contributed by atoms with E-state index in [1.54, 1.807) is 0 Å². The van der Waals surface area contributed by atoms with Crippen LogP contribution in [0.25, 0.3) is 0 Å². The van der Waals surface area contributed by atoms with Crippen LogP contribution in [0.2, 0.25) is 5.82 Å². The molecule has 138 valence electrons. The lowest BCUT2D eigenvalue weighted by Crippen LogP contribution is -2.34. The molecule has 1 atom stereocenters. The van der Waals surface area contributed by atoms with Crippen molar-refractivity contribution < 1.29 is 0 Å². The third-order valence-corrected chi connectivity index (χ3v) is 5.29. The van der Waals surface area contributed by atoms with Crippen LogP contribution in [0.5, 0.6) is 0 Å². The first-order valence-electron chi connectivity index (χ1n) is 9.88. The fourth-order valence-electron chi connectivity index (χ4n) is 3.15. The Morgan fingerprint density at radius 1 is 0.808 bits per heavy atom. The van der Waals surface area contributed by atoms with Crippen molar-refractivity contribution in [1.82, 2.24) is 0 Å². The smallest absolute Gasteiger partial charge is 0.0905 e. The first kappa shape index (κ1) is 22.4. The van der Waals surface area contributed by atoms with E-state index < -0.39 is 0 Å². The van der Waals surface area contributed by atoms with Crippen LogP contribution < -0.4 is 10.9 Å². The molecule has 2 rings (SSSR count). The van der Waals surface area contributed by atoms with Gasteiger partial charge < -0.3 is 0 Å². The lowest BCUT2D eigenvalue weighted by atomic mass is 9.58. The van der Waals surface area contributed by atoms with E-state index in [9.17, 15) is 0 Å². The predicted octanol–water partition coefficient (Wildman–Crippen LogP) is 4.34. The van der Waals surface area contributed by atoms with Gasteiger partial charge in [-0.05, 0) is 53.3 Å². The van der Waals surface area contributed by atoms with Gasteiger partial charge >= 0.3 is 0 Å². The van der Waals surface area contributed by atoms with E-state index in [0.29, 0.717) is 0 Å². The Bertz CT molecular complexity index is 648. The van der Waals surface area contributed by atoms with Gasteiger partial charge in [0.1, 0.15) is 7.85 Å². The molecule has 0 nitrogen and oxygen atoms in total. The Hall–Kier alpha value is -1.69. The van der Waals surface area contributed by atoms with E-state index in [1.165, 1.54) is 38.8 Å². The third kappa shape index (κ3) is 6.90. The number of hydrogen-bond donors (Lipinski definition) is 0. The van der Waals surface area contributed by atoms with E-state index in [0.717, 1.165) is 19.0 Å². The van der Waals surface area contributed by atoms with Gasteiger partial charge in [-0.1, -0.05) is 95.1 Å². The summed E-state index contributed by atoms with van der Waals surface area (Å²) in [5.74, 6) is 1.51. The molecule has 0 saturated heterocycles. The lowest BCUT2D eigenvalue weighted by molar-refractivity contribution is 0.660. The van der Waals surface area contributed by atoms with Gasteiger partial charge in [0.05, 0.1) is 0 Å². The van der Waals surface area contributed by atoms with Gasteiger partial charge in [0.2, 0.25) is 0 Å². The molecule has 0 aliphatic rings. The first-order chi connectivity index (χ1) is 12.1. The molecule has 0 aliphatic carbocycles. The zero-order valence-electron chi connectivity index (χ0n) is 18.4. The minimum atomic E-state index is 0.731. The molecule has 0 N–H and O–H groups in total. The summed E-state index contributed by atoms with van der Waals surface area (Å²) in [6.45, 7) is 17.6. The summed E-state index contributed by atoms with van der Waals surface area (Å²) in [6, 6.07) is 13.1. The minimum absolute atomic E-state index is 0.731. The van der Waals surface area contributed by atoms with Crippen molar-refractivity contribution in [3.63, 3.8) is 0 Å². The zero-order chi connectivity index (χ0) is 19.9. The average molecular weight is 346 g/mol. The third-order valence-electron chi connectivity index (χ3n) is 5.29. The van der Waals surface area contributed by atoms with Gasteiger partial charge in [0.15, 0.2) is 7.28 Å². The molecule has 0 unspecified atom stereocenters. The fraction of sp³-hybridized carbons (Fsp3) is 0.417. The Morgan fingerprint density at radius 2 is 1.15 bits per heavy atom. The maximum absolute atomic E-state index is 2.32. The van der Waals surface area contributed by atoms with Crippen molar-refractivity contribution in [3.8, 4) is 0 Å². The number of hydrogen-bond acceptors (Lipinski definition) is 0. The second kappa shape index (κ2) is 10.5. The molecule has 0 heterocycles. The zero-order valence-corrected chi connectivity index (χ0v) is 18.4. The van der Waals surface area contributed by atoms with E-state index in [-0.39, 0.29) is 0 Å². The summed E-state index contributed by atoms with van der Waals surface area (Å²) >= 11 is 0. The average Bonchev–Trinajstić information content (AvgIpc) is 2.53. The second-order valence-corrected chi connectivity index (χ2v) is 8.26. The maximum atomic E-state index is 2.32. The highest BCUT2D eigenvalue weighted by Crippen LogP contribution is 2.15. The summed E-state index contributed by atoms with van der Waals surface area (Å²) in [5.41, 5.74) is 9.96. The maximum Gasteiger partial charge on any atom is 0.193 e. The summed E-state index contributed by atoms with van der Waals surface area (Å²) in [7, 11) is 3.31. The number of aryl methyl sites for hydroxylation is 4. The van der Waals surface area contributed by atoms with E-state index in [2.05, 4.69) is 106 Å². The first-order valence-corrected chi connectivity index (χ1v) is 9.88. The van der Waals surface area contributed by atoms with E-state index in [1.807, 2.05) is 0 Å². The van der Waals surface area contributed by atoms with Crippen molar-refractivity contribution in [1.29, 1.82) is 0 Å². The molecule has 0 saturated carbocycles. The molecular weight excluding hydrogens is 310 g/mol. The molecule has 0 radical (unpaired) electrons. The largest absolute Gasteiger partial charge is 0.193 e. The molecule has 0 spiro atoms. The Kier molecular flexibility index (Phi) is 8.99. The highest BCUT2D eigenvalue weighted by Gasteiger charge is 2.09. The molecule has 26 heavy (non-hydrogen) atoms. The van der Waals surface area contributed by atoms with Crippen LogP contribution in [0.1, 0.15) is 49.9 Å². The normalized spacial score (nSPS) is 11.4.